The maximum atomic E-state index is 13.6. The van der Waals surface area contributed by atoms with Crippen molar-refractivity contribution < 1.29 is 8.78 Å². The number of rotatable bonds is 11. The maximum Gasteiger partial charge on any atom is 0.249 e. The van der Waals surface area contributed by atoms with Gasteiger partial charge in [-0.05, 0) is 60.1 Å². The van der Waals surface area contributed by atoms with E-state index in [9.17, 15) is 8.78 Å². The number of anilines is 1. The Labute approximate surface area is 234 Å². The van der Waals surface area contributed by atoms with Crippen molar-refractivity contribution in [3.63, 3.8) is 0 Å². The summed E-state index contributed by atoms with van der Waals surface area (Å²) in [6.07, 6.45) is 9.47. The Morgan fingerprint density at radius 2 is 1.49 bits per heavy atom. The molecule has 0 atom stereocenters. The number of nitrogens with zero attached hydrogens (tertiary/aromatic N) is 3. The smallest absolute Gasteiger partial charge is 0.249 e. The van der Waals surface area contributed by atoms with E-state index in [0.717, 1.165) is 46.7 Å². The van der Waals surface area contributed by atoms with Gasteiger partial charge in [-0.1, -0.05) is 107 Å². The monoisotopic (exact) mass is 533 g/mol. The highest BCUT2D eigenvalue weighted by atomic mass is 19.3. The predicted octanol–water partition coefficient (Wildman–Crippen LogP) is 9.58. The lowest BCUT2D eigenvalue weighted by molar-refractivity contribution is 0.0226. The molecule has 2 aromatic carbocycles. The van der Waals surface area contributed by atoms with Crippen molar-refractivity contribution in [1.29, 1.82) is 0 Å². The van der Waals surface area contributed by atoms with Gasteiger partial charge in [-0.25, -0.2) is 18.7 Å². The number of aryl methyl sites for hydroxylation is 1. The first-order chi connectivity index (χ1) is 18.7. The summed E-state index contributed by atoms with van der Waals surface area (Å²) in [7, 11) is 0. The molecule has 39 heavy (non-hydrogen) atoms. The summed E-state index contributed by atoms with van der Waals surface area (Å²) < 4.78 is 27.1. The summed E-state index contributed by atoms with van der Waals surface area (Å²) in [6, 6.07) is 15.5. The van der Waals surface area contributed by atoms with Crippen LogP contribution in [0.4, 0.5) is 14.7 Å². The highest BCUT2D eigenvalue weighted by Gasteiger charge is 2.22. The van der Waals surface area contributed by atoms with Gasteiger partial charge in [0.2, 0.25) is 11.9 Å². The molecule has 0 bridgehead atoms. The van der Waals surface area contributed by atoms with Gasteiger partial charge in [0.15, 0.2) is 0 Å². The normalized spacial score (nSPS) is 11.9. The number of hydrogen-bond acceptors (Lipinski definition) is 3. The molecule has 0 unspecified atom stereocenters. The molecule has 5 heteroatoms. The number of benzene rings is 2. The third kappa shape index (κ3) is 11.5. The van der Waals surface area contributed by atoms with E-state index in [1.165, 1.54) is 19.3 Å². The summed E-state index contributed by atoms with van der Waals surface area (Å²) in [5.74, 6) is -2.13. The van der Waals surface area contributed by atoms with E-state index in [1.807, 2.05) is 63.5 Å². The van der Waals surface area contributed by atoms with Gasteiger partial charge in [0.05, 0.1) is 0 Å². The second kappa shape index (κ2) is 15.9. The average Bonchev–Trinajstić information content (AvgIpc) is 3.81. The number of aromatic nitrogens is 2. The minimum absolute atomic E-state index is 0.281. The summed E-state index contributed by atoms with van der Waals surface area (Å²) in [4.78, 5) is 11.2. The second-order valence-electron chi connectivity index (χ2n) is 9.97. The largest absolute Gasteiger partial charge is 0.336 e. The van der Waals surface area contributed by atoms with Gasteiger partial charge < -0.3 is 4.90 Å². The van der Waals surface area contributed by atoms with Crippen LogP contribution in [0, 0.1) is 0 Å². The zero-order valence-corrected chi connectivity index (χ0v) is 24.4. The molecular weight excluding hydrogens is 488 g/mol. The lowest BCUT2D eigenvalue weighted by Crippen LogP contribution is -2.26. The van der Waals surface area contributed by atoms with E-state index in [-0.39, 0.29) is 6.42 Å². The van der Waals surface area contributed by atoms with Crippen LogP contribution in [0.1, 0.15) is 88.1 Å². The van der Waals surface area contributed by atoms with E-state index >= 15 is 0 Å². The van der Waals surface area contributed by atoms with E-state index in [2.05, 4.69) is 47.1 Å². The zero-order chi connectivity index (χ0) is 28.8. The molecule has 1 aromatic heterocycles. The molecule has 1 heterocycles. The van der Waals surface area contributed by atoms with Crippen LogP contribution in [0.15, 0.2) is 74.1 Å². The molecule has 4 rings (SSSR count). The number of hydrogen-bond donors (Lipinski definition) is 0. The van der Waals surface area contributed by atoms with Crippen molar-refractivity contribution in [2.75, 3.05) is 11.4 Å². The van der Waals surface area contributed by atoms with E-state index in [1.54, 1.807) is 6.07 Å². The fraction of sp³-hybridized carbons (Fsp3) is 0.412. The standard InChI is InChI=1S/C29H33F2N3.C3H6.C2H6/c1-6-23-18-32-28(33-19-23)34(20-25-11-9-10-24(16-25)17-29(5,30)31)15-14-22(4)27-13-8-7-12-26(27)21(2)3;1-2-3-1;1-2/h7-13,16,18-19H,2,4,6,14-15,17,20H2,1,3,5H3;1-3H2;1-2H3. The third-order valence-corrected chi connectivity index (χ3v) is 6.07. The first kappa shape index (κ1) is 31.9. The van der Waals surface area contributed by atoms with Gasteiger partial charge in [-0.2, -0.15) is 0 Å². The van der Waals surface area contributed by atoms with Crippen LogP contribution in [0.5, 0.6) is 0 Å². The zero-order valence-electron chi connectivity index (χ0n) is 24.4. The van der Waals surface area contributed by atoms with Crippen LogP contribution in [0.3, 0.4) is 0 Å². The van der Waals surface area contributed by atoms with Crippen LogP contribution < -0.4 is 4.90 Å². The lowest BCUT2D eigenvalue weighted by Gasteiger charge is -2.24. The Bertz CT molecular complexity index is 1170. The third-order valence-electron chi connectivity index (χ3n) is 6.07. The van der Waals surface area contributed by atoms with Gasteiger partial charge in [-0.15, -0.1) is 0 Å². The quantitative estimate of drug-likeness (QED) is 0.246. The van der Waals surface area contributed by atoms with Crippen molar-refractivity contribution in [2.45, 2.75) is 85.6 Å². The van der Waals surface area contributed by atoms with Crippen LogP contribution in [-0.4, -0.2) is 22.4 Å². The first-order valence-corrected chi connectivity index (χ1v) is 14.1. The summed E-state index contributed by atoms with van der Waals surface area (Å²) >= 11 is 0. The maximum absolute atomic E-state index is 13.6. The molecule has 0 aliphatic heterocycles. The predicted molar refractivity (Wildman–Crippen MR) is 163 cm³/mol. The number of allylic oxidation sites excluding steroid dienone is 1. The molecule has 0 radical (unpaired) electrons. The summed E-state index contributed by atoms with van der Waals surface area (Å²) in [6.45, 7) is 18.6. The SMILES string of the molecule is C1CC1.C=C(C)c1ccccc1C(=C)CCN(Cc1cccc(CC(C)(F)F)c1)c1ncc(CC)cn1.CC. The summed E-state index contributed by atoms with van der Waals surface area (Å²) in [5, 5.41) is 0. The molecule has 1 saturated carbocycles. The Kier molecular flexibility index (Phi) is 13.0. The molecule has 3 nitrogen and oxygen atoms in total. The van der Waals surface area contributed by atoms with Crippen molar-refractivity contribution in [1.82, 2.24) is 9.97 Å². The summed E-state index contributed by atoms with van der Waals surface area (Å²) in [5.41, 5.74) is 6.81. The molecule has 1 aliphatic carbocycles. The van der Waals surface area contributed by atoms with Gasteiger partial charge in [0.25, 0.3) is 0 Å². The highest BCUT2D eigenvalue weighted by molar-refractivity contribution is 5.77. The molecule has 1 fully saturated rings. The molecule has 210 valence electrons. The Balaban J connectivity index is 0.000000975. The topological polar surface area (TPSA) is 29.0 Å². The van der Waals surface area contributed by atoms with Crippen LogP contribution >= 0.6 is 0 Å². The lowest BCUT2D eigenvalue weighted by atomic mass is 9.95. The van der Waals surface area contributed by atoms with Crippen LogP contribution in [0.25, 0.3) is 11.1 Å². The molecule has 0 amide bonds. The minimum Gasteiger partial charge on any atom is -0.336 e. The van der Waals surface area contributed by atoms with Crippen LogP contribution in [0.2, 0.25) is 0 Å². The molecule has 0 saturated heterocycles. The average molecular weight is 534 g/mol. The van der Waals surface area contributed by atoms with Crippen molar-refractivity contribution >= 4 is 17.1 Å². The molecular formula is C34H45F2N3. The van der Waals surface area contributed by atoms with Crippen molar-refractivity contribution in [3.8, 4) is 0 Å². The van der Waals surface area contributed by atoms with Crippen molar-refractivity contribution in [3.05, 3.63) is 102 Å². The van der Waals surface area contributed by atoms with E-state index in [4.69, 9.17) is 0 Å². The van der Waals surface area contributed by atoms with E-state index < -0.39 is 5.92 Å². The van der Waals surface area contributed by atoms with Crippen molar-refractivity contribution in [2.24, 2.45) is 0 Å². The van der Waals surface area contributed by atoms with Gasteiger partial charge in [0, 0.05) is 31.9 Å². The van der Waals surface area contributed by atoms with Gasteiger partial charge in [0.1, 0.15) is 0 Å². The highest BCUT2D eigenvalue weighted by Crippen LogP contribution is 2.27. The Morgan fingerprint density at radius 1 is 0.897 bits per heavy atom. The fourth-order valence-corrected chi connectivity index (χ4v) is 3.93. The minimum atomic E-state index is -2.74. The molecule has 1 aliphatic rings. The second-order valence-corrected chi connectivity index (χ2v) is 9.97. The first-order valence-electron chi connectivity index (χ1n) is 14.1. The number of alkyl halides is 2. The molecule has 0 N–H and O–H groups in total. The van der Waals surface area contributed by atoms with Gasteiger partial charge in [-0.3, -0.25) is 0 Å². The van der Waals surface area contributed by atoms with E-state index in [0.29, 0.717) is 31.0 Å². The Hall–Kier alpha value is -3.34. The fourth-order valence-electron chi connectivity index (χ4n) is 3.93. The Morgan fingerprint density at radius 3 is 2.03 bits per heavy atom. The van der Waals surface area contributed by atoms with Crippen LogP contribution in [-0.2, 0) is 19.4 Å². The number of halogens is 2. The molecule has 3 aromatic rings. The van der Waals surface area contributed by atoms with Gasteiger partial charge >= 0.3 is 0 Å². The molecule has 0 spiro atoms.